The first-order valence-electron chi connectivity index (χ1n) is 11.0. The van der Waals surface area contributed by atoms with Gasteiger partial charge in [0.25, 0.3) is 0 Å². The first kappa shape index (κ1) is 23.6. The summed E-state index contributed by atoms with van der Waals surface area (Å²) >= 11 is 0. The molecule has 9 nitrogen and oxygen atoms in total. The molecule has 1 aromatic carbocycles. The van der Waals surface area contributed by atoms with Crippen LogP contribution in [-0.4, -0.2) is 62.8 Å². The van der Waals surface area contributed by atoms with Crippen molar-refractivity contribution in [3.63, 3.8) is 0 Å². The number of ether oxygens (including phenoxy) is 3. The van der Waals surface area contributed by atoms with Crippen LogP contribution in [0.3, 0.4) is 0 Å². The Morgan fingerprint density at radius 2 is 1.78 bits per heavy atom. The van der Waals surface area contributed by atoms with Gasteiger partial charge in [0.1, 0.15) is 5.75 Å². The maximum absolute atomic E-state index is 12.7. The number of nitrogens with zero attached hydrogens (tertiary/aromatic N) is 1. The zero-order chi connectivity index (χ0) is 23.1. The number of likely N-dealkylation sites (tertiary alicyclic amines) is 1. The number of benzene rings is 1. The summed E-state index contributed by atoms with van der Waals surface area (Å²) in [5.41, 5.74) is 1.63. The van der Waals surface area contributed by atoms with Gasteiger partial charge in [-0.1, -0.05) is 12.1 Å². The number of carbonyl (C=O) groups excluding carboxylic acids is 3. The van der Waals surface area contributed by atoms with Crippen molar-refractivity contribution >= 4 is 18.0 Å². The third-order valence-corrected chi connectivity index (χ3v) is 5.67. The maximum Gasteiger partial charge on any atom is 0.338 e. The van der Waals surface area contributed by atoms with Gasteiger partial charge in [0.15, 0.2) is 0 Å². The molecule has 0 bridgehead atoms. The van der Waals surface area contributed by atoms with Crippen molar-refractivity contribution in [1.29, 1.82) is 0 Å². The van der Waals surface area contributed by atoms with E-state index in [2.05, 4.69) is 15.5 Å². The molecule has 2 heterocycles. The number of urea groups is 1. The molecular weight excluding hydrogens is 414 g/mol. The van der Waals surface area contributed by atoms with Gasteiger partial charge >= 0.3 is 18.0 Å². The van der Waals surface area contributed by atoms with Crippen molar-refractivity contribution in [2.45, 2.75) is 32.7 Å². The molecule has 2 amide bonds. The number of esters is 2. The highest BCUT2D eigenvalue weighted by Crippen LogP contribution is 2.30. The van der Waals surface area contributed by atoms with Crippen LogP contribution in [0.15, 0.2) is 35.5 Å². The normalized spacial score (nSPS) is 19.7. The van der Waals surface area contributed by atoms with Crippen molar-refractivity contribution in [2.75, 3.05) is 40.0 Å². The molecule has 9 heteroatoms. The minimum Gasteiger partial charge on any atom is -0.494 e. The molecule has 1 fully saturated rings. The van der Waals surface area contributed by atoms with Crippen LogP contribution in [0.2, 0.25) is 0 Å². The van der Waals surface area contributed by atoms with Gasteiger partial charge in [-0.05, 0) is 57.5 Å². The average molecular weight is 446 g/mol. The van der Waals surface area contributed by atoms with Gasteiger partial charge in [-0.25, -0.2) is 9.59 Å². The molecule has 3 rings (SSSR count). The Labute approximate surface area is 188 Å². The summed E-state index contributed by atoms with van der Waals surface area (Å²) in [6.07, 6.45) is 1.35. The molecule has 1 aromatic rings. The number of piperidine rings is 1. The zero-order valence-electron chi connectivity index (χ0n) is 18.8. The molecule has 174 valence electrons. The van der Waals surface area contributed by atoms with Crippen LogP contribution in [0, 0.1) is 5.92 Å². The molecule has 1 atom stereocenters. The van der Waals surface area contributed by atoms with Gasteiger partial charge < -0.3 is 24.8 Å². The van der Waals surface area contributed by atoms with Crippen molar-refractivity contribution in [1.82, 2.24) is 15.5 Å². The van der Waals surface area contributed by atoms with Crippen LogP contribution < -0.4 is 15.4 Å². The third-order valence-electron chi connectivity index (χ3n) is 5.67. The topological polar surface area (TPSA) is 106 Å². The molecule has 0 saturated carbocycles. The van der Waals surface area contributed by atoms with Crippen LogP contribution >= 0.6 is 0 Å². The first-order valence-corrected chi connectivity index (χ1v) is 11.0. The molecule has 0 spiro atoms. The molecule has 32 heavy (non-hydrogen) atoms. The zero-order valence-corrected chi connectivity index (χ0v) is 18.8. The van der Waals surface area contributed by atoms with E-state index >= 15 is 0 Å². The van der Waals surface area contributed by atoms with Crippen LogP contribution in [0.1, 0.15) is 38.3 Å². The number of amides is 2. The Hall–Kier alpha value is -3.07. The van der Waals surface area contributed by atoms with E-state index in [-0.39, 0.29) is 17.9 Å². The molecule has 0 radical (unpaired) electrons. The number of nitrogens with one attached hydrogen (secondary N) is 2. The van der Waals surface area contributed by atoms with Crippen molar-refractivity contribution < 1.29 is 28.6 Å². The fraction of sp³-hybridized carbons (Fsp3) is 0.522. The van der Waals surface area contributed by atoms with Crippen LogP contribution in [0.5, 0.6) is 5.75 Å². The molecule has 1 unspecified atom stereocenters. The molecule has 2 aliphatic rings. The second-order valence-electron chi connectivity index (χ2n) is 7.72. The fourth-order valence-corrected chi connectivity index (χ4v) is 4.08. The van der Waals surface area contributed by atoms with E-state index in [1.807, 2.05) is 31.2 Å². The number of rotatable bonds is 8. The van der Waals surface area contributed by atoms with Crippen LogP contribution in [0.25, 0.3) is 0 Å². The van der Waals surface area contributed by atoms with Gasteiger partial charge in [-0.3, -0.25) is 9.69 Å². The van der Waals surface area contributed by atoms with E-state index in [9.17, 15) is 14.4 Å². The number of hydrogen-bond acceptors (Lipinski definition) is 7. The van der Waals surface area contributed by atoms with E-state index in [4.69, 9.17) is 14.2 Å². The molecule has 0 aromatic heterocycles. The van der Waals surface area contributed by atoms with E-state index in [1.165, 1.54) is 7.11 Å². The summed E-state index contributed by atoms with van der Waals surface area (Å²) in [7, 11) is 1.32. The molecule has 1 saturated heterocycles. The lowest BCUT2D eigenvalue weighted by atomic mass is 9.93. The summed E-state index contributed by atoms with van der Waals surface area (Å²) in [5.74, 6) is -0.0654. The lowest BCUT2D eigenvalue weighted by Crippen LogP contribution is -2.49. The Morgan fingerprint density at radius 1 is 1.09 bits per heavy atom. The number of hydrogen-bond donors (Lipinski definition) is 2. The SMILES string of the molecule is CCOC(=O)C1CCN(CC2=C(C(=O)OC)C(c3ccc(OCC)cc3)NC(=O)N2)CC1. The predicted octanol–water partition coefficient (Wildman–Crippen LogP) is 2.14. The highest BCUT2D eigenvalue weighted by atomic mass is 16.5. The molecule has 0 aliphatic carbocycles. The highest BCUT2D eigenvalue weighted by Gasteiger charge is 2.35. The van der Waals surface area contributed by atoms with Gasteiger partial charge in [-0.15, -0.1) is 0 Å². The Kier molecular flexibility index (Phi) is 8.10. The minimum atomic E-state index is -0.640. The van der Waals surface area contributed by atoms with E-state index in [1.54, 1.807) is 6.92 Å². The second-order valence-corrected chi connectivity index (χ2v) is 7.72. The molecular formula is C23H31N3O6. The van der Waals surface area contributed by atoms with Crippen molar-refractivity contribution in [3.8, 4) is 5.75 Å². The van der Waals surface area contributed by atoms with Crippen molar-refractivity contribution in [2.24, 2.45) is 5.92 Å². The van der Waals surface area contributed by atoms with E-state index in [0.29, 0.717) is 62.7 Å². The monoisotopic (exact) mass is 445 g/mol. The maximum atomic E-state index is 12.7. The largest absolute Gasteiger partial charge is 0.494 e. The average Bonchev–Trinajstić information content (AvgIpc) is 2.79. The van der Waals surface area contributed by atoms with Crippen LogP contribution in [0.4, 0.5) is 4.79 Å². The summed E-state index contributed by atoms with van der Waals surface area (Å²) in [4.78, 5) is 39.3. The van der Waals surface area contributed by atoms with Gasteiger partial charge in [-0.2, -0.15) is 0 Å². The van der Waals surface area contributed by atoms with Gasteiger partial charge in [0.2, 0.25) is 0 Å². The lowest BCUT2D eigenvalue weighted by Gasteiger charge is -2.34. The molecule has 2 aliphatic heterocycles. The minimum absolute atomic E-state index is 0.112. The van der Waals surface area contributed by atoms with Crippen molar-refractivity contribution in [3.05, 3.63) is 41.1 Å². The Bertz CT molecular complexity index is 859. The lowest BCUT2D eigenvalue weighted by molar-refractivity contribution is -0.149. The third kappa shape index (κ3) is 5.59. The van der Waals surface area contributed by atoms with E-state index < -0.39 is 12.0 Å². The number of carbonyl (C=O) groups is 3. The van der Waals surface area contributed by atoms with Gasteiger partial charge in [0, 0.05) is 12.2 Å². The van der Waals surface area contributed by atoms with Gasteiger partial charge in [0.05, 0.1) is 37.9 Å². The summed E-state index contributed by atoms with van der Waals surface area (Å²) in [6, 6.07) is 6.25. The quantitative estimate of drug-likeness (QED) is 0.591. The first-order chi connectivity index (χ1) is 15.5. The highest BCUT2D eigenvalue weighted by molar-refractivity contribution is 5.95. The molecule has 2 N–H and O–H groups in total. The standard InChI is InChI=1S/C23H31N3O6/c1-4-31-17-8-6-15(7-9-17)20-19(22(28)30-3)18(24-23(29)25-20)14-26-12-10-16(11-13-26)21(27)32-5-2/h6-9,16,20H,4-5,10-14H2,1-3H3,(H2,24,25,29). The summed E-state index contributed by atoms with van der Waals surface area (Å²) in [6.45, 7) is 6.33. The fourth-order valence-electron chi connectivity index (χ4n) is 4.08. The smallest absolute Gasteiger partial charge is 0.338 e. The van der Waals surface area contributed by atoms with Crippen LogP contribution in [-0.2, 0) is 19.1 Å². The number of methoxy groups -OCH3 is 1. The second kappa shape index (κ2) is 11.0. The predicted molar refractivity (Wildman–Crippen MR) is 117 cm³/mol. The Balaban J connectivity index is 1.80. The Morgan fingerprint density at radius 3 is 2.38 bits per heavy atom. The summed E-state index contributed by atoms with van der Waals surface area (Å²) < 4.78 is 15.7. The summed E-state index contributed by atoms with van der Waals surface area (Å²) in [5, 5.41) is 5.61. The van der Waals surface area contributed by atoms with E-state index in [0.717, 1.165) is 5.56 Å².